The van der Waals surface area contributed by atoms with Crippen molar-refractivity contribution in [3.8, 4) is 5.75 Å². The first kappa shape index (κ1) is 11.4. The summed E-state index contributed by atoms with van der Waals surface area (Å²) in [5.41, 5.74) is 10.7. The van der Waals surface area contributed by atoms with E-state index in [-0.39, 0.29) is 0 Å². The molecule has 0 radical (unpaired) electrons. The molecule has 90 valence electrons. The maximum Gasteiger partial charge on any atom is 0.332 e. The second-order valence-corrected chi connectivity index (χ2v) is 3.97. The van der Waals surface area contributed by atoms with E-state index in [4.69, 9.17) is 10.5 Å². The maximum atomic E-state index is 10.6. The summed E-state index contributed by atoms with van der Waals surface area (Å²) in [5, 5.41) is 3.99. The minimum atomic E-state index is -0.631. The van der Waals surface area contributed by atoms with Crippen LogP contribution in [0.2, 0.25) is 0 Å². The van der Waals surface area contributed by atoms with Crippen molar-refractivity contribution < 1.29 is 9.53 Å². The summed E-state index contributed by atoms with van der Waals surface area (Å²) in [4.78, 5) is 10.6. The van der Waals surface area contributed by atoms with E-state index in [9.17, 15) is 4.79 Å². The van der Waals surface area contributed by atoms with Crippen molar-refractivity contribution in [1.82, 2.24) is 5.43 Å². The van der Waals surface area contributed by atoms with Gasteiger partial charge in [-0.15, -0.1) is 0 Å². The zero-order valence-electron chi connectivity index (χ0n) is 9.69. The van der Waals surface area contributed by atoms with Crippen LogP contribution in [0.4, 0.5) is 4.79 Å². The largest absolute Gasteiger partial charge is 0.497 e. The molecule has 17 heavy (non-hydrogen) atoms. The van der Waals surface area contributed by atoms with E-state index in [1.165, 1.54) is 11.1 Å². The predicted octanol–water partition coefficient (Wildman–Crippen LogP) is 1.21. The van der Waals surface area contributed by atoms with Gasteiger partial charge in [0.25, 0.3) is 0 Å². The van der Waals surface area contributed by atoms with Crippen LogP contribution >= 0.6 is 0 Å². The number of hydrogen-bond acceptors (Lipinski definition) is 3. The molecule has 0 bridgehead atoms. The first-order chi connectivity index (χ1) is 8.19. The molecule has 0 aromatic heterocycles. The maximum absolute atomic E-state index is 10.6. The van der Waals surface area contributed by atoms with Gasteiger partial charge in [-0.25, -0.2) is 10.2 Å². The Balaban J connectivity index is 2.16. The minimum Gasteiger partial charge on any atom is -0.497 e. The van der Waals surface area contributed by atoms with Crippen LogP contribution in [0.5, 0.6) is 5.75 Å². The van der Waals surface area contributed by atoms with E-state index in [2.05, 4.69) is 16.6 Å². The first-order valence-electron chi connectivity index (χ1n) is 5.45. The van der Waals surface area contributed by atoms with E-state index in [0.717, 1.165) is 30.7 Å². The van der Waals surface area contributed by atoms with Crippen LogP contribution in [0, 0.1) is 0 Å². The molecule has 1 aromatic carbocycles. The quantitative estimate of drug-likeness (QED) is 0.753. The van der Waals surface area contributed by atoms with Crippen LogP contribution in [0.1, 0.15) is 17.5 Å². The van der Waals surface area contributed by atoms with Crippen LogP contribution in [-0.2, 0) is 12.8 Å². The molecule has 0 aliphatic heterocycles. The third-order valence-corrected chi connectivity index (χ3v) is 2.82. The van der Waals surface area contributed by atoms with E-state index < -0.39 is 6.03 Å². The lowest BCUT2D eigenvalue weighted by Crippen LogP contribution is -2.27. The van der Waals surface area contributed by atoms with Crippen molar-refractivity contribution in [3.63, 3.8) is 0 Å². The van der Waals surface area contributed by atoms with Gasteiger partial charge in [0.05, 0.1) is 7.11 Å². The van der Waals surface area contributed by atoms with Gasteiger partial charge in [0.2, 0.25) is 0 Å². The molecule has 0 saturated heterocycles. The highest BCUT2D eigenvalue weighted by Gasteiger charge is 2.15. The fourth-order valence-corrected chi connectivity index (χ4v) is 1.95. The average Bonchev–Trinajstić information content (AvgIpc) is 2.35. The van der Waals surface area contributed by atoms with Gasteiger partial charge in [0.15, 0.2) is 0 Å². The van der Waals surface area contributed by atoms with Crippen molar-refractivity contribution in [1.29, 1.82) is 0 Å². The molecule has 3 N–H and O–H groups in total. The minimum absolute atomic E-state index is 0.631. The molecule has 5 nitrogen and oxygen atoms in total. The summed E-state index contributed by atoms with van der Waals surface area (Å²) in [6, 6.07) is 5.41. The molecule has 0 saturated carbocycles. The zero-order chi connectivity index (χ0) is 12.3. The summed E-state index contributed by atoms with van der Waals surface area (Å²) in [6.45, 7) is 0. The lowest BCUT2D eigenvalue weighted by atomic mass is 9.90. The third kappa shape index (κ3) is 2.75. The number of urea groups is 1. The number of ether oxygens (including phenoxy) is 1. The number of aryl methyl sites for hydroxylation is 1. The molecular formula is C12H15N3O2. The molecule has 5 heteroatoms. The topological polar surface area (TPSA) is 76.7 Å². The van der Waals surface area contributed by atoms with Crippen molar-refractivity contribution in [3.05, 3.63) is 29.3 Å². The molecule has 0 atom stereocenters. The number of nitrogens with two attached hydrogens (primary N) is 1. The Bertz CT molecular complexity index is 469. The smallest absolute Gasteiger partial charge is 0.332 e. The molecule has 0 fully saturated rings. The molecule has 1 aromatic rings. The number of carbonyl (C=O) groups excluding carboxylic acids is 1. The van der Waals surface area contributed by atoms with Gasteiger partial charge in [-0.3, -0.25) is 0 Å². The van der Waals surface area contributed by atoms with Crippen LogP contribution in [0.25, 0.3) is 0 Å². The third-order valence-electron chi connectivity index (χ3n) is 2.82. The Hall–Kier alpha value is -2.04. The van der Waals surface area contributed by atoms with Crippen LogP contribution < -0.4 is 15.9 Å². The number of carbonyl (C=O) groups is 1. The van der Waals surface area contributed by atoms with Crippen molar-refractivity contribution in [2.24, 2.45) is 10.8 Å². The van der Waals surface area contributed by atoms with E-state index >= 15 is 0 Å². The molecule has 0 spiro atoms. The molecule has 0 heterocycles. The Morgan fingerprint density at radius 1 is 1.41 bits per heavy atom. The zero-order valence-corrected chi connectivity index (χ0v) is 9.69. The summed E-state index contributed by atoms with van der Waals surface area (Å²) in [5.74, 6) is 0.841. The van der Waals surface area contributed by atoms with E-state index in [0.29, 0.717) is 0 Å². The Morgan fingerprint density at radius 2 is 2.24 bits per heavy atom. The number of nitrogens with zero attached hydrogens (tertiary/aromatic N) is 1. The molecule has 0 unspecified atom stereocenters. The summed E-state index contributed by atoms with van der Waals surface area (Å²) >= 11 is 0. The number of hydrazone groups is 1. The van der Waals surface area contributed by atoms with Gasteiger partial charge < -0.3 is 10.5 Å². The predicted molar refractivity (Wildman–Crippen MR) is 65.2 cm³/mol. The van der Waals surface area contributed by atoms with Crippen LogP contribution in [0.15, 0.2) is 23.3 Å². The number of methoxy groups -OCH3 is 1. The van der Waals surface area contributed by atoms with Gasteiger partial charge in [-0.1, -0.05) is 6.07 Å². The second kappa shape index (κ2) is 4.86. The van der Waals surface area contributed by atoms with Gasteiger partial charge in [-0.05, 0) is 36.1 Å². The Morgan fingerprint density at radius 3 is 2.94 bits per heavy atom. The number of primary amides is 1. The molecule has 2 amide bonds. The van der Waals surface area contributed by atoms with Crippen molar-refractivity contribution >= 4 is 11.7 Å². The summed E-state index contributed by atoms with van der Waals surface area (Å²) in [6.07, 6.45) is 2.50. The highest BCUT2D eigenvalue weighted by atomic mass is 16.5. The lowest BCUT2D eigenvalue weighted by molar-refractivity contribution is 0.249. The molecule has 1 aliphatic carbocycles. The summed E-state index contributed by atoms with van der Waals surface area (Å²) in [7, 11) is 1.65. The fraction of sp³-hybridized carbons (Fsp3) is 0.333. The van der Waals surface area contributed by atoms with Crippen molar-refractivity contribution in [2.45, 2.75) is 19.3 Å². The van der Waals surface area contributed by atoms with Crippen LogP contribution in [0.3, 0.4) is 0 Å². The molecule has 1 aliphatic rings. The number of nitrogens with one attached hydrogen (secondary N) is 1. The molecular weight excluding hydrogens is 218 g/mol. The van der Waals surface area contributed by atoms with Gasteiger partial charge in [0, 0.05) is 12.1 Å². The molecule has 2 rings (SSSR count). The van der Waals surface area contributed by atoms with Crippen LogP contribution in [-0.4, -0.2) is 18.9 Å². The summed E-state index contributed by atoms with van der Waals surface area (Å²) < 4.78 is 5.18. The first-order valence-corrected chi connectivity index (χ1v) is 5.45. The van der Waals surface area contributed by atoms with E-state index in [1.807, 2.05) is 12.1 Å². The normalized spacial score (nSPS) is 16.4. The van der Waals surface area contributed by atoms with Crippen molar-refractivity contribution in [2.75, 3.05) is 7.11 Å². The highest BCUT2D eigenvalue weighted by Crippen LogP contribution is 2.24. The highest BCUT2D eigenvalue weighted by molar-refractivity contribution is 5.89. The monoisotopic (exact) mass is 233 g/mol. The fourth-order valence-electron chi connectivity index (χ4n) is 1.95. The van der Waals surface area contributed by atoms with Gasteiger partial charge in [0.1, 0.15) is 5.75 Å². The van der Waals surface area contributed by atoms with Gasteiger partial charge in [-0.2, -0.15) is 5.10 Å². The second-order valence-electron chi connectivity index (χ2n) is 3.97. The number of hydrogen-bond donors (Lipinski definition) is 2. The number of rotatable bonds is 2. The average molecular weight is 233 g/mol. The number of benzene rings is 1. The lowest BCUT2D eigenvalue weighted by Gasteiger charge is -2.18. The number of fused-ring (bicyclic) bond motifs is 1. The standard InChI is InChI=1S/C12H15N3O2/c1-17-11-5-3-8-2-4-10(6-9(8)7-11)14-15-12(13)16/h3,5,7H,2,4,6H2,1H3,(H3,13,15,16)/b14-10-. The number of amides is 2. The van der Waals surface area contributed by atoms with E-state index in [1.54, 1.807) is 7.11 Å². The Labute approximate surface area is 99.6 Å². The Kier molecular flexibility index (Phi) is 3.27. The van der Waals surface area contributed by atoms with Gasteiger partial charge >= 0.3 is 6.03 Å². The SMILES string of the molecule is COc1ccc2c(c1)C/C(=N\NC(N)=O)CC2.